The van der Waals surface area contributed by atoms with Crippen LogP contribution in [0.15, 0.2) is 47.4 Å². The van der Waals surface area contributed by atoms with Crippen molar-refractivity contribution in [2.24, 2.45) is 5.73 Å². The highest BCUT2D eigenvalue weighted by atomic mass is 35.5. The maximum atomic E-state index is 6.35. The van der Waals surface area contributed by atoms with E-state index in [0.717, 1.165) is 27.7 Å². The number of para-hydroxylation sites is 1. The Bertz CT molecular complexity index is 632. The third-order valence-corrected chi connectivity index (χ3v) is 5.06. The van der Waals surface area contributed by atoms with Crippen molar-refractivity contribution in [3.05, 3.63) is 58.6 Å². The van der Waals surface area contributed by atoms with Gasteiger partial charge in [-0.3, -0.25) is 0 Å². The van der Waals surface area contributed by atoms with E-state index in [9.17, 15) is 0 Å². The normalized spacial score (nSPS) is 19.1. The van der Waals surface area contributed by atoms with Crippen LogP contribution in [0.25, 0.3) is 0 Å². The quantitative estimate of drug-likeness (QED) is 0.903. The van der Waals surface area contributed by atoms with Gasteiger partial charge in [0, 0.05) is 15.7 Å². The Kier molecular flexibility index (Phi) is 3.92. The van der Waals surface area contributed by atoms with E-state index in [1.165, 1.54) is 4.90 Å². The number of hydrogen-bond acceptors (Lipinski definition) is 3. The van der Waals surface area contributed by atoms with Crippen molar-refractivity contribution < 1.29 is 4.74 Å². The summed E-state index contributed by atoms with van der Waals surface area (Å²) in [5, 5.41) is 0.752. The van der Waals surface area contributed by atoms with Crippen molar-refractivity contribution in [1.29, 1.82) is 0 Å². The first-order valence-electron chi connectivity index (χ1n) is 6.55. The summed E-state index contributed by atoms with van der Waals surface area (Å²) < 4.78 is 6.03. The first kappa shape index (κ1) is 13.8. The molecule has 0 amide bonds. The Morgan fingerprint density at radius 3 is 2.90 bits per heavy atom. The molecule has 1 aliphatic heterocycles. The predicted molar refractivity (Wildman–Crippen MR) is 84.7 cm³/mol. The fourth-order valence-corrected chi connectivity index (χ4v) is 3.49. The maximum absolute atomic E-state index is 6.35. The van der Waals surface area contributed by atoms with E-state index < -0.39 is 0 Å². The molecule has 1 heterocycles. The van der Waals surface area contributed by atoms with Crippen LogP contribution in [-0.2, 0) is 0 Å². The lowest BCUT2D eigenvalue weighted by Gasteiger charge is -2.30. The van der Waals surface area contributed by atoms with Gasteiger partial charge >= 0.3 is 0 Å². The van der Waals surface area contributed by atoms with Crippen molar-refractivity contribution in [3.8, 4) is 5.75 Å². The van der Waals surface area contributed by atoms with E-state index >= 15 is 0 Å². The lowest BCUT2D eigenvalue weighted by Crippen LogP contribution is -2.35. The van der Waals surface area contributed by atoms with Crippen LogP contribution in [0.3, 0.4) is 0 Å². The van der Waals surface area contributed by atoms with Gasteiger partial charge < -0.3 is 10.5 Å². The van der Waals surface area contributed by atoms with Gasteiger partial charge in [0.05, 0.1) is 6.04 Å². The van der Waals surface area contributed by atoms with Crippen LogP contribution in [0, 0.1) is 6.92 Å². The molecule has 104 valence electrons. The van der Waals surface area contributed by atoms with Crippen LogP contribution in [0.4, 0.5) is 0 Å². The number of rotatable bonds is 2. The van der Waals surface area contributed by atoms with E-state index in [4.69, 9.17) is 22.1 Å². The molecule has 2 nitrogen and oxygen atoms in total. The van der Waals surface area contributed by atoms with Crippen LogP contribution >= 0.6 is 23.4 Å². The van der Waals surface area contributed by atoms with Crippen LogP contribution in [0.2, 0.25) is 5.02 Å². The van der Waals surface area contributed by atoms with Gasteiger partial charge in [0.1, 0.15) is 11.9 Å². The number of aryl methyl sites for hydroxylation is 1. The zero-order chi connectivity index (χ0) is 14.1. The standard InChI is InChI=1S/C16H16ClNOS/c1-10-6-7-11(8-12(10)17)16(18)14-9-20-15-5-3-2-4-13(15)19-14/h2-8,14,16H,9,18H2,1H3. The van der Waals surface area contributed by atoms with Crippen LogP contribution in [0.5, 0.6) is 5.75 Å². The van der Waals surface area contributed by atoms with Gasteiger partial charge in [-0.15, -0.1) is 11.8 Å². The zero-order valence-corrected chi connectivity index (χ0v) is 12.7. The fourth-order valence-electron chi connectivity index (χ4n) is 2.24. The van der Waals surface area contributed by atoms with E-state index in [2.05, 4.69) is 6.07 Å². The van der Waals surface area contributed by atoms with Gasteiger partial charge in [0.15, 0.2) is 0 Å². The molecule has 20 heavy (non-hydrogen) atoms. The molecule has 3 rings (SSSR count). The van der Waals surface area contributed by atoms with Gasteiger partial charge in [-0.05, 0) is 36.2 Å². The summed E-state index contributed by atoms with van der Waals surface area (Å²) >= 11 is 7.97. The van der Waals surface area contributed by atoms with Crippen LogP contribution in [0.1, 0.15) is 17.2 Å². The van der Waals surface area contributed by atoms with Gasteiger partial charge in [0.25, 0.3) is 0 Å². The Morgan fingerprint density at radius 1 is 1.30 bits per heavy atom. The minimum Gasteiger partial charge on any atom is -0.486 e. The Morgan fingerprint density at radius 2 is 2.10 bits per heavy atom. The summed E-state index contributed by atoms with van der Waals surface area (Å²) in [7, 11) is 0. The summed E-state index contributed by atoms with van der Waals surface area (Å²) in [6.45, 7) is 1.99. The summed E-state index contributed by atoms with van der Waals surface area (Å²) in [5.74, 6) is 1.77. The van der Waals surface area contributed by atoms with Gasteiger partial charge in [-0.2, -0.15) is 0 Å². The monoisotopic (exact) mass is 305 g/mol. The molecule has 0 radical (unpaired) electrons. The molecule has 0 aliphatic carbocycles. The molecule has 0 bridgehead atoms. The molecule has 2 unspecified atom stereocenters. The van der Waals surface area contributed by atoms with Crippen molar-refractivity contribution in [2.75, 3.05) is 5.75 Å². The first-order valence-corrected chi connectivity index (χ1v) is 7.91. The third-order valence-electron chi connectivity index (χ3n) is 3.51. The molecule has 2 aromatic carbocycles. The number of ether oxygens (including phenoxy) is 1. The molecule has 0 saturated carbocycles. The molecule has 4 heteroatoms. The minimum atomic E-state index is -0.172. The van der Waals surface area contributed by atoms with Crippen molar-refractivity contribution in [2.45, 2.75) is 24.0 Å². The molecule has 0 fully saturated rings. The third kappa shape index (κ3) is 2.66. The maximum Gasteiger partial charge on any atom is 0.133 e. The minimum absolute atomic E-state index is 0.0336. The second kappa shape index (κ2) is 5.68. The average molecular weight is 306 g/mol. The molecule has 2 atom stereocenters. The molecule has 0 spiro atoms. The number of benzene rings is 2. The summed E-state index contributed by atoms with van der Waals surface area (Å²) in [5.41, 5.74) is 8.43. The predicted octanol–water partition coefficient (Wildman–Crippen LogP) is 4.20. The smallest absolute Gasteiger partial charge is 0.133 e. The highest BCUT2D eigenvalue weighted by Gasteiger charge is 2.26. The number of thioether (sulfide) groups is 1. The lowest BCUT2D eigenvalue weighted by molar-refractivity contribution is 0.185. The first-order chi connectivity index (χ1) is 9.65. The number of fused-ring (bicyclic) bond motifs is 1. The molecule has 2 aromatic rings. The van der Waals surface area contributed by atoms with E-state index in [1.54, 1.807) is 11.8 Å². The van der Waals surface area contributed by atoms with E-state index in [1.807, 2.05) is 43.3 Å². The van der Waals surface area contributed by atoms with Crippen molar-refractivity contribution in [1.82, 2.24) is 0 Å². The summed E-state index contributed by atoms with van der Waals surface area (Å²) in [6.07, 6.45) is -0.0336. The lowest BCUT2D eigenvalue weighted by atomic mass is 10.0. The van der Waals surface area contributed by atoms with Crippen molar-refractivity contribution >= 4 is 23.4 Å². The Labute approximate surface area is 128 Å². The van der Waals surface area contributed by atoms with Gasteiger partial charge in [-0.25, -0.2) is 0 Å². The highest BCUT2D eigenvalue weighted by Crippen LogP contribution is 2.38. The van der Waals surface area contributed by atoms with Gasteiger partial charge in [0.2, 0.25) is 0 Å². The molecular weight excluding hydrogens is 290 g/mol. The fraction of sp³-hybridized carbons (Fsp3) is 0.250. The molecule has 0 saturated heterocycles. The zero-order valence-electron chi connectivity index (χ0n) is 11.2. The molecule has 0 aromatic heterocycles. The molecule has 1 aliphatic rings. The molecule has 2 N–H and O–H groups in total. The SMILES string of the molecule is Cc1ccc(C(N)C2CSc3ccccc3O2)cc1Cl. The average Bonchev–Trinajstić information content (AvgIpc) is 2.49. The van der Waals surface area contributed by atoms with E-state index in [-0.39, 0.29) is 12.1 Å². The second-order valence-electron chi connectivity index (χ2n) is 4.95. The Balaban J connectivity index is 1.82. The molecular formula is C16H16ClNOS. The van der Waals surface area contributed by atoms with E-state index in [0.29, 0.717) is 0 Å². The second-order valence-corrected chi connectivity index (χ2v) is 6.42. The van der Waals surface area contributed by atoms with Gasteiger partial charge in [-0.1, -0.05) is 35.9 Å². The topological polar surface area (TPSA) is 35.2 Å². The number of nitrogens with two attached hydrogens (primary N) is 1. The highest BCUT2D eigenvalue weighted by molar-refractivity contribution is 7.99. The van der Waals surface area contributed by atoms with Crippen molar-refractivity contribution in [3.63, 3.8) is 0 Å². The summed E-state index contributed by atoms with van der Waals surface area (Å²) in [6, 6.07) is 13.9. The van der Waals surface area contributed by atoms with Crippen LogP contribution in [-0.4, -0.2) is 11.9 Å². The largest absolute Gasteiger partial charge is 0.486 e. The number of halogens is 1. The van der Waals surface area contributed by atoms with Crippen LogP contribution < -0.4 is 10.5 Å². The Hall–Kier alpha value is -1.16. The number of hydrogen-bond donors (Lipinski definition) is 1. The summed E-state index contributed by atoms with van der Waals surface area (Å²) in [4.78, 5) is 1.18.